The first-order valence-electron chi connectivity index (χ1n) is 8.18. The van der Waals surface area contributed by atoms with Crippen LogP contribution in [0.3, 0.4) is 0 Å². The van der Waals surface area contributed by atoms with E-state index in [1.165, 1.54) is 61.7 Å². The van der Waals surface area contributed by atoms with Gasteiger partial charge in [-0.05, 0) is 48.5 Å². The molecule has 0 unspecified atom stereocenters. The SMILES string of the molecule is COCc1cc(=O)c(Oc2ccc(F)cc2)c(-c2ccc(S(C)(=O)=O)cc2)o1. The van der Waals surface area contributed by atoms with Crippen molar-refractivity contribution >= 4 is 9.84 Å². The normalized spacial score (nSPS) is 11.4. The van der Waals surface area contributed by atoms with Gasteiger partial charge in [0.15, 0.2) is 15.6 Å². The molecule has 0 saturated carbocycles. The molecule has 0 radical (unpaired) electrons. The Kier molecular flexibility index (Phi) is 5.62. The van der Waals surface area contributed by atoms with Crippen LogP contribution in [0.5, 0.6) is 11.5 Å². The molecule has 0 fully saturated rings. The van der Waals surface area contributed by atoms with E-state index in [1.807, 2.05) is 0 Å². The van der Waals surface area contributed by atoms with E-state index in [0.29, 0.717) is 5.56 Å². The van der Waals surface area contributed by atoms with Crippen molar-refractivity contribution in [1.29, 1.82) is 0 Å². The molecule has 146 valence electrons. The summed E-state index contributed by atoms with van der Waals surface area (Å²) in [5.74, 6) is 0.109. The Hall–Kier alpha value is -2.97. The van der Waals surface area contributed by atoms with Crippen LogP contribution in [-0.2, 0) is 21.2 Å². The Morgan fingerprint density at radius 1 is 1.04 bits per heavy atom. The Balaban J connectivity index is 2.11. The van der Waals surface area contributed by atoms with E-state index >= 15 is 0 Å². The predicted molar refractivity (Wildman–Crippen MR) is 101 cm³/mol. The van der Waals surface area contributed by atoms with E-state index in [4.69, 9.17) is 13.9 Å². The van der Waals surface area contributed by atoms with Gasteiger partial charge in [-0.15, -0.1) is 0 Å². The molecule has 0 bridgehead atoms. The first-order valence-corrected chi connectivity index (χ1v) is 10.1. The van der Waals surface area contributed by atoms with Crippen LogP contribution in [0.15, 0.2) is 68.7 Å². The van der Waals surface area contributed by atoms with E-state index in [-0.39, 0.29) is 34.5 Å². The van der Waals surface area contributed by atoms with Gasteiger partial charge >= 0.3 is 0 Å². The van der Waals surface area contributed by atoms with E-state index in [2.05, 4.69) is 0 Å². The third-order valence-electron chi connectivity index (χ3n) is 3.82. The number of benzene rings is 2. The zero-order valence-corrected chi connectivity index (χ0v) is 16.0. The fraction of sp³-hybridized carbons (Fsp3) is 0.150. The van der Waals surface area contributed by atoms with Crippen LogP contribution in [0.25, 0.3) is 11.3 Å². The van der Waals surface area contributed by atoms with Gasteiger partial charge in [0, 0.05) is 25.0 Å². The average molecular weight is 404 g/mol. The molecule has 1 heterocycles. The smallest absolute Gasteiger partial charge is 0.228 e. The second kappa shape index (κ2) is 7.95. The van der Waals surface area contributed by atoms with E-state index in [9.17, 15) is 17.6 Å². The molecular weight excluding hydrogens is 387 g/mol. The molecule has 0 aliphatic heterocycles. The van der Waals surface area contributed by atoms with Crippen molar-refractivity contribution in [1.82, 2.24) is 0 Å². The number of methoxy groups -OCH3 is 1. The third kappa shape index (κ3) is 4.47. The van der Waals surface area contributed by atoms with Gasteiger partial charge < -0.3 is 13.9 Å². The van der Waals surface area contributed by atoms with Crippen molar-refractivity contribution < 1.29 is 26.7 Å². The van der Waals surface area contributed by atoms with Crippen molar-refractivity contribution in [3.8, 4) is 22.8 Å². The summed E-state index contributed by atoms with van der Waals surface area (Å²) in [7, 11) is -1.91. The van der Waals surface area contributed by atoms with Gasteiger partial charge in [-0.3, -0.25) is 4.79 Å². The van der Waals surface area contributed by atoms with Crippen LogP contribution < -0.4 is 10.2 Å². The highest BCUT2D eigenvalue weighted by molar-refractivity contribution is 7.90. The summed E-state index contributed by atoms with van der Waals surface area (Å²) in [4.78, 5) is 12.7. The van der Waals surface area contributed by atoms with Gasteiger partial charge in [-0.1, -0.05) is 0 Å². The van der Waals surface area contributed by atoms with E-state index < -0.39 is 21.1 Å². The molecular formula is C20H17FO6S. The summed E-state index contributed by atoms with van der Waals surface area (Å²) >= 11 is 0. The molecule has 3 rings (SSSR count). The number of rotatable bonds is 6. The van der Waals surface area contributed by atoms with Crippen LogP contribution in [0, 0.1) is 5.82 Å². The van der Waals surface area contributed by atoms with Crippen LogP contribution in [0.1, 0.15) is 5.76 Å². The van der Waals surface area contributed by atoms with Crippen molar-refractivity contribution in [3.63, 3.8) is 0 Å². The summed E-state index contributed by atoms with van der Waals surface area (Å²) in [6, 6.07) is 12.3. The second-order valence-corrected chi connectivity index (χ2v) is 8.04. The van der Waals surface area contributed by atoms with E-state index in [0.717, 1.165) is 6.26 Å². The van der Waals surface area contributed by atoms with Crippen LogP contribution in [-0.4, -0.2) is 21.8 Å². The maximum atomic E-state index is 13.1. The first kappa shape index (κ1) is 19.8. The third-order valence-corrected chi connectivity index (χ3v) is 4.95. The molecule has 2 aromatic carbocycles. The number of halogens is 1. The molecule has 8 heteroatoms. The van der Waals surface area contributed by atoms with E-state index in [1.54, 1.807) is 0 Å². The molecule has 1 aromatic heterocycles. The lowest BCUT2D eigenvalue weighted by Gasteiger charge is -2.12. The monoisotopic (exact) mass is 404 g/mol. The first-order chi connectivity index (χ1) is 13.3. The molecule has 6 nitrogen and oxygen atoms in total. The minimum absolute atomic E-state index is 0.0699. The van der Waals surface area contributed by atoms with Crippen LogP contribution >= 0.6 is 0 Å². The Bertz CT molecular complexity index is 1130. The van der Waals surface area contributed by atoms with Crippen LogP contribution in [0.4, 0.5) is 4.39 Å². The zero-order chi connectivity index (χ0) is 20.3. The lowest BCUT2D eigenvalue weighted by atomic mass is 10.1. The quantitative estimate of drug-likeness (QED) is 0.622. The summed E-state index contributed by atoms with van der Waals surface area (Å²) in [5.41, 5.74) is -0.00983. The average Bonchev–Trinajstić information content (AvgIpc) is 2.65. The second-order valence-electron chi connectivity index (χ2n) is 6.02. The van der Waals surface area contributed by atoms with Gasteiger partial charge in [0.25, 0.3) is 0 Å². The minimum atomic E-state index is -3.37. The van der Waals surface area contributed by atoms with Crippen molar-refractivity contribution in [2.45, 2.75) is 11.5 Å². The van der Waals surface area contributed by atoms with Crippen molar-refractivity contribution in [3.05, 3.63) is 76.4 Å². The van der Waals surface area contributed by atoms with Gasteiger partial charge in [0.05, 0.1) is 4.90 Å². The maximum absolute atomic E-state index is 13.1. The molecule has 0 saturated heterocycles. The lowest BCUT2D eigenvalue weighted by molar-refractivity contribution is 0.162. The Morgan fingerprint density at radius 3 is 2.25 bits per heavy atom. The predicted octanol–water partition coefficient (Wildman–Crippen LogP) is 3.79. The maximum Gasteiger partial charge on any atom is 0.228 e. The van der Waals surface area contributed by atoms with Gasteiger partial charge in [0.2, 0.25) is 11.2 Å². The Labute approximate surface area is 161 Å². The summed E-state index contributed by atoms with van der Waals surface area (Å²) in [6.45, 7) is 0.0699. The van der Waals surface area contributed by atoms with Gasteiger partial charge in [0.1, 0.15) is 23.9 Å². The van der Waals surface area contributed by atoms with Gasteiger partial charge in [-0.2, -0.15) is 0 Å². The minimum Gasteiger partial charge on any atom is -0.454 e. The van der Waals surface area contributed by atoms with Crippen LogP contribution in [0.2, 0.25) is 0 Å². The highest BCUT2D eigenvalue weighted by Crippen LogP contribution is 2.32. The number of hydrogen-bond acceptors (Lipinski definition) is 6. The molecule has 0 aliphatic carbocycles. The summed E-state index contributed by atoms with van der Waals surface area (Å²) in [5, 5.41) is 0. The molecule has 0 amide bonds. The molecule has 0 aliphatic rings. The molecule has 0 N–H and O–H groups in total. The summed E-state index contributed by atoms with van der Waals surface area (Å²) < 4.78 is 52.9. The molecule has 28 heavy (non-hydrogen) atoms. The largest absolute Gasteiger partial charge is 0.454 e. The summed E-state index contributed by atoms with van der Waals surface area (Å²) in [6.07, 6.45) is 1.10. The van der Waals surface area contributed by atoms with Gasteiger partial charge in [-0.25, -0.2) is 12.8 Å². The molecule has 0 atom stereocenters. The molecule has 3 aromatic rings. The molecule has 0 spiro atoms. The highest BCUT2D eigenvalue weighted by Gasteiger charge is 2.18. The number of hydrogen-bond donors (Lipinski definition) is 0. The number of sulfone groups is 1. The lowest BCUT2D eigenvalue weighted by Crippen LogP contribution is -2.08. The fourth-order valence-electron chi connectivity index (χ4n) is 2.50. The number of ether oxygens (including phenoxy) is 2. The zero-order valence-electron chi connectivity index (χ0n) is 15.1. The fourth-order valence-corrected chi connectivity index (χ4v) is 3.14. The highest BCUT2D eigenvalue weighted by atomic mass is 32.2. The topological polar surface area (TPSA) is 82.8 Å². The van der Waals surface area contributed by atoms with Crippen molar-refractivity contribution in [2.75, 3.05) is 13.4 Å². The van der Waals surface area contributed by atoms with Crippen molar-refractivity contribution in [2.24, 2.45) is 0 Å². The standard InChI is InChI=1S/C20H17FO6S/c1-25-12-16-11-18(22)20(26-15-7-5-14(21)6-8-15)19(27-16)13-3-9-17(10-4-13)28(2,23)24/h3-11H,12H2,1-2H3. The Morgan fingerprint density at radius 2 is 1.68 bits per heavy atom.